The van der Waals surface area contributed by atoms with Crippen LogP contribution in [0.3, 0.4) is 0 Å². The molecule has 1 aliphatic heterocycles. The molecule has 24 heavy (non-hydrogen) atoms. The SMILES string of the molecule is Cc1nnc(N2CCN(Cc3nc4ccccc4c(=O)[nH]3)CC2)s1. The lowest BCUT2D eigenvalue weighted by Gasteiger charge is -2.33. The molecule has 0 amide bonds. The monoisotopic (exact) mass is 342 g/mol. The average molecular weight is 342 g/mol. The quantitative estimate of drug-likeness (QED) is 0.775. The molecule has 2 aromatic heterocycles. The van der Waals surface area contributed by atoms with Crippen molar-refractivity contribution < 1.29 is 0 Å². The summed E-state index contributed by atoms with van der Waals surface area (Å²) in [4.78, 5) is 24.2. The number of H-pyrrole nitrogens is 1. The summed E-state index contributed by atoms with van der Waals surface area (Å²) in [6.07, 6.45) is 0. The predicted octanol–water partition coefficient (Wildman–Crippen LogP) is 1.41. The highest BCUT2D eigenvalue weighted by Crippen LogP contribution is 2.21. The number of benzene rings is 1. The molecule has 0 radical (unpaired) electrons. The normalized spacial score (nSPS) is 16.0. The zero-order chi connectivity index (χ0) is 16.5. The molecule has 1 saturated heterocycles. The molecule has 1 fully saturated rings. The Kier molecular flexibility index (Phi) is 3.99. The average Bonchev–Trinajstić information content (AvgIpc) is 3.02. The molecule has 0 saturated carbocycles. The molecule has 3 aromatic rings. The van der Waals surface area contributed by atoms with Gasteiger partial charge < -0.3 is 9.88 Å². The maximum Gasteiger partial charge on any atom is 0.258 e. The Morgan fingerprint density at radius 1 is 1.17 bits per heavy atom. The van der Waals surface area contributed by atoms with Gasteiger partial charge in [0.15, 0.2) is 0 Å². The van der Waals surface area contributed by atoms with Crippen molar-refractivity contribution in [1.82, 2.24) is 25.1 Å². The zero-order valence-corrected chi connectivity index (χ0v) is 14.2. The van der Waals surface area contributed by atoms with E-state index in [2.05, 4.69) is 30.0 Å². The van der Waals surface area contributed by atoms with Gasteiger partial charge in [-0.25, -0.2) is 4.98 Å². The summed E-state index contributed by atoms with van der Waals surface area (Å²) in [5, 5.41) is 10.9. The Morgan fingerprint density at radius 3 is 2.71 bits per heavy atom. The Bertz CT molecular complexity index is 912. The van der Waals surface area contributed by atoms with Crippen molar-refractivity contribution in [3.05, 3.63) is 45.5 Å². The topological polar surface area (TPSA) is 78.0 Å². The fraction of sp³-hybridized carbons (Fsp3) is 0.375. The first-order valence-electron chi connectivity index (χ1n) is 7.94. The van der Waals surface area contributed by atoms with Gasteiger partial charge in [0.05, 0.1) is 17.4 Å². The molecule has 0 bridgehead atoms. The van der Waals surface area contributed by atoms with E-state index in [0.717, 1.165) is 47.7 Å². The van der Waals surface area contributed by atoms with Crippen LogP contribution < -0.4 is 10.5 Å². The fourth-order valence-electron chi connectivity index (χ4n) is 2.93. The minimum absolute atomic E-state index is 0.0708. The van der Waals surface area contributed by atoms with Crippen molar-refractivity contribution in [2.24, 2.45) is 0 Å². The number of fused-ring (bicyclic) bond motifs is 1. The van der Waals surface area contributed by atoms with Crippen LogP contribution in [0.25, 0.3) is 10.9 Å². The molecule has 1 N–H and O–H groups in total. The molecule has 8 heteroatoms. The van der Waals surface area contributed by atoms with E-state index in [0.29, 0.717) is 11.9 Å². The summed E-state index contributed by atoms with van der Waals surface area (Å²) in [7, 11) is 0. The molecular weight excluding hydrogens is 324 g/mol. The smallest absolute Gasteiger partial charge is 0.258 e. The van der Waals surface area contributed by atoms with Gasteiger partial charge in [-0.05, 0) is 19.1 Å². The van der Waals surface area contributed by atoms with Gasteiger partial charge in [-0.1, -0.05) is 23.5 Å². The van der Waals surface area contributed by atoms with Gasteiger partial charge in [0.25, 0.3) is 5.56 Å². The van der Waals surface area contributed by atoms with E-state index in [4.69, 9.17) is 0 Å². The van der Waals surface area contributed by atoms with Crippen molar-refractivity contribution in [2.75, 3.05) is 31.1 Å². The predicted molar refractivity (Wildman–Crippen MR) is 94.5 cm³/mol. The number of nitrogens with zero attached hydrogens (tertiary/aromatic N) is 5. The molecular formula is C16H18N6OS. The number of aromatic amines is 1. The standard InChI is InChI=1S/C16H18N6OS/c1-11-19-20-16(24-11)22-8-6-21(7-9-22)10-14-17-13-5-3-2-4-12(13)15(23)18-14/h2-5H,6-10H2,1H3,(H,17,18,23). The van der Waals surface area contributed by atoms with Gasteiger partial charge in [-0.15, -0.1) is 10.2 Å². The maximum atomic E-state index is 12.1. The fourth-order valence-corrected chi connectivity index (χ4v) is 3.67. The number of hydrogen-bond donors (Lipinski definition) is 1. The number of nitrogens with one attached hydrogen (secondary N) is 1. The third-order valence-corrected chi connectivity index (χ3v) is 5.09. The first kappa shape index (κ1) is 15.2. The van der Waals surface area contributed by atoms with Crippen molar-refractivity contribution in [3.63, 3.8) is 0 Å². The zero-order valence-electron chi connectivity index (χ0n) is 13.4. The third kappa shape index (κ3) is 3.02. The molecule has 0 atom stereocenters. The number of anilines is 1. The first-order chi connectivity index (χ1) is 11.7. The van der Waals surface area contributed by atoms with Crippen molar-refractivity contribution in [2.45, 2.75) is 13.5 Å². The van der Waals surface area contributed by atoms with Crippen LogP contribution in [-0.4, -0.2) is 51.2 Å². The lowest BCUT2D eigenvalue weighted by molar-refractivity contribution is 0.244. The van der Waals surface area contributed by atoms with Crippen LogP contribution >= 0.6 is 11.3 Å². The molecule has 0 unspecified atom stereocenters. The van der Waals surface area contributed by atoms with E-state index < -0.39 is 0 Å². The van der Waals surface area contributed by atoms with Gasteiger partial charge in [0, 0.05) is 26.2 Å². The largest absolute Gasteiger partial charge is 0.344 e. The van der Waals surface area contributed by atoms with Crippen LogP contribution in [0.2, 0.25) is 0 Å². The second-order valence-corrected chi connectivity index (χ2v) is 7.06. The minimum Gasteiger partial charge on any atom is -0.344 e. The van der Waals surface area contributed by atoms with Crippen LogP contribution in [0.5, 0.6) is 0 Å². The second-order valence-electron chi connectivity index (χ2n) is 5.90. The number of para-hydroxylation sites is 1. The van der Waals surface area contributed by atoms with E-state index in [9.17, 15) is 4.79 Å². The number of rotatable bonds is 3. The van der Waals surface area contributed by atoms with Crippen LogP contribution in [0.4, 0.5) is 5.13 Å². The van der Waals surface area contributed by atoms with Crippen LogP contribution in [0.15, 0.2) is 29.1 Å². The summed E-state index contributed by atoms with van der Waals surface area (Å²) >= 11 is 1.63. The summed E-state index contributed by atoms with van der Waals surface area (Å²) in [5.41, 5.74) is 0.679. The van der Waals surface area contributed by atoms with E-state index >= 15 is 0 Å². The van der Waals surface area contributed by atoms with Crippen molar-refractivity contribution in [1.29, 1.82) is 0 Å². The van der Waals surface area contributed by atoms with Crippen molar-refractivity contribution in [3.8, 4) is 0 Å². The molecule has 0 spiro atoms. The summed E-state index contributed by atoms with van der Waals surface area (Å²) in [6, 6.07) is 7.44. The number of aryl methyl sites for hydroxylation is 1. The third-order valence-electron chi connectivity index (χ3n) is 4.19. The highest BCUT2D eigenvalue weighted by Gasteiger charge is 2.20. The van der Waals surface area contributed by atoms with Gasteiger partial charge in [-0.3, -0.25) is 9.69 Å². The lowest BCUT2D eigenvalue weighted by atomic mass is 10.2. The molecule has 1 aromatic carbocycles. The van der Waals surface area contributed by atoms with Gasteiger partial charge >= 0.3 is 0 Å². The van der Waals surface area contributed by atoms with E-state index in [1.807, 2.05) is 25.1 Å². The Balaban J connectivity index is 1.44. The lowest BCUT2D eigenvalue weighted by Crippen LogP contribution is -2.46. The summed E-state index contributed by atoms with van der Waals surface area (Å²) < 4.78 is 0. The highest BCUT2D eigenvalue weighted by atomic mass is 32.1. The molecule has 124 valence electrons. The van der Waals surface area contributed by atoms with Gasteiger partial charge in [0.1, 0.15) is 10.8 Å². The number of aromatic nitrogens is 4. The summed E-state index contributed by atoms with van der Waals surface area (Å²) in [5.74, 6) is 0.721. The molecule has 7 nitrogen and oxygen atoms in total. The van der Waals surface area contributed by atoms with Crippen molar-refractivity contribution >= 4 is 27.4 Å². The van der Waals surface area contributed by atoms with E-state index in [1.54, 1.807) is 17.4 Å². The second kappa shape index (κ2) is 6.29. The maximum absolute atomic E-state index is 12.1. The van der Waals surface area contributed by atoms with E-state index in [-0.39, 0.29) is 5.56 Å². The first-order valence-corrected chi connectivity index (χ1v) is 8.76. The van der Waals surface area contributed by atoms with Crippen LogP contribution in [-0.2, 0) is 6.54 Å². The van der Waals surface area contributed by atoms with Crippen LogP contribution in [0, 0.1) is 6.92 Å². The summed E-state index contributed by atoms with van der Waals surface area (Å²) in [6.45, 7) is 6.27. The van der Waals surface area contributed by atoms with Crippen LogP contribution in [0.1, 0.15) is 10.8 Å². The Morgan fingerprint density at radius 2 is 1.96 bits per heavy atom. The Hall–Kier alpha value is -2.32. The highest BCUT2D eigenvalue weighted by molar-refractivity contribution is 7.15. The molecule has 3 heterocycles. The number of piperazine rings is 1. The Labute approximate surface area is 143 Å². The molecule has 0 aliphatic carbocycles. The van der Waals surface area contributed by atoms with Gasteiger partial charge in [0.2, 0.25) is 5.13 Å². The van der Waals surface area contributed by atoms with E-state index in [1.165, 1.54) is 0 Å². The molecule has 4 rings (SSSR count). The minimum atomic E-state index is -0.0708. The molecule has 1 aliphatic rings. The van der Waals surface area contributed by atoms with Gasteiger partial charge in [-0.2, -0.15) is 0 Å². The number of hydrogen-bond acceptors (Lipinski definition) is 7.